The van der Waals surface area contributed by atoms with Gasteiger partial charge in [0.15, 0.2) is 11.6 Å². The van der Waals surface area contributed by atoms with Crippen LogP contribution in [0.5, 0.6) is 0 Å². The second kappa shape index (κ2) is 6.16. The lowest BCUT2D eigenvalue weighted by molar-refractivity contribution is 0.0951. The zero-order chi connectivity index (χ0) is 14.5. The van der Waals surface area contributed by atoms with E-state index in [0.29, 0.717) is 18.1 Å². The fourth-order valence-corrected chi connectivity index (χ4v) is 1.58. The summed E-state index contributed by atoms with van der Waals surface area (Å²) in [6.45, 7) is 1.28. The zero-order valence-corrected chi connectivity index (χ0v) is 11.5. The van der Waals surface area contributed by atoms with E-state index >= 15 is 0 Å². The van der Waals surface area contributed by atoms with E-state index in [4.69, 9.17) is 10.2 Å². The predicted molar refractivity (Wildman–Crippen MR) is 75.0 cm³/mol. The fraction of sp³-hybridized carbons (Fsp3) is 0.308. The minimum atomic E-state index is -0.282. The lowest BCUT2D eigenvalue weighted by Crippen LogP contribution is -2.32. The number of furan rings is 1. The van der Waals surface area contributed by atoms with Crippen LogP contribution in [-0.2, 0) is 0 Å². The predicted octanol–water partition coefficient (Wildman–Crippen LogP) is 0.610. The molecule has 0 spiro atoms. The Balaban J connectivity index is 2.08. The van der Waals surface area contributed by atoms with E-state index in [0.717, 1.165) is 6.54 Å². The molecule has 0 aliphatic heterocycles. The van der Waals surface area contributed by atoms with Gasteiger partial charge < -0.3 is 20.4 Å². The van der Waals surface area contributed by atoms with Crippen LogP contribution in [0.15, 0.2) is 29.0 Å². The summed E-state index contributed by atoms with van der Waals surface area (Å²) >= 11 is 0. The first-order valence-electron chi connectivity index (χ1n) is 6.17. The van der Waals surface area contributed by atoms with Crippen molar-refractivity contribution in [3.05, 3.63) is 30.2 Å². The molecule has 0 aliphatic rings. The van der Waals surface area contributed by atoms with E-state index in [9.17, 15) is 4.79 Å². The topological polar surface area (TPSA) is 97.3 Å². The van der Waals surface area contributed by atoms with Gasteiger partial charge in [0.2, 0.25) is 0 Å². The van der Waals surface area contributed by atoms with Gasteiger partial charge in [-0.3, -0.25) is 4.79 Å². The highest BCUT2D eigenvalue weighted by molar-refractivity contribution is 5.98. The van der Waals surface area contributed by atoms with E-state index in [1.807, 2.05) is 19.0 Å². The van der Waals surface area contributed by atoms with Crippen molar-refractivity contribution in [1.82, 2.24) is 20.2 Å². The third-order valence-electron chi connectivity index (χ3n) is 2.65. The molecule has 2 aromatic heterocycles. The van der Waals surface area contributed by atoms with Crippen LogP contribution in [0.2, 0.25) is 0 Å². The Kier molecular flexibility index (Phi) is 4.31. The van der Waals surface area contributed by atoms with Crippen molar-refractivity contribution >= 4 is 11.7 Å². The molecule has 0 fully saturated rings. The van der Waals surface area contributed by atoms with Gasteiger partial charge in [0.25, 0.3) is 5.91 Å². The van der Waals surface area contributed by atoms with Crippen molar-refractivity contribution in [1.29, 1.82) is 0 Å². The molecule has 0 unspecified atom stereocenters. The quantitative estimate of drug-likeness (QED) is 0.829. The highest BCUT2D eigenvalue weighted by Crippen LogP contribution is 2.17. The van der Waals surface area contributed by atoms with Crippen LogP contribution in [0.1, 0.15) is 10.4 Å². The van der Waals surface area contributed by atoms with Crippen LogP contribution in [0.4, 0.5) is 5.82 Å². The van der Waals surface area contributed by atoms with Crippen molar-refractivity contribution in [2.75, 3.05) is 32.9 Å². The molecule has 0 saturated heterocycles. The fourth-order valence-electron chi connectivity index (χ4n) is 1.58. The highest BCUT2D eigenvalue weighted by atomic mass is 16.3. The minimum Gasteiger partial charge on any atom is -0.461 e. The first kappa shape index (κ1) is 14.0. The molecule has 7 heteroatoms. The molecule has 3 N–H and O–H groups in total. The Hall–Kier alpha value is -2.41. The van der Waals surface area contributed by atoms with Crippen LogP contribution in [0, 0.1) is 0 Å². The average molecular weight is 275 g/mol. The summed E-state index contributed by atoms with van der Waals surface area (Å²) in [7, 11) is 3.86. The first-order chi connectivity index (χ1) is 9.58. The molecule has 0 aliphatic carbocycles. The van der Waals surface area contributed by atoms with Gasteiger partial charge in [-0.15, -0.1) is 0 Å². The maximum absolute atomic E-state index is 11.9. The van der Waals surface area contributed by atoms with Gasteiger partial charge in [-0.05, 0) is 26.2 Å². The summed E-state index contributed by atoms with van der Waals surface area (Å²) in [6.07, 6.45) is 2.93. The molecule has 0 radical (unpaired) electrons. The number of aromatic nitrogens is 2. The number of nitrogens with zero attached hydrogens (tertiary/aromatic N) is 3. The summed E-state index contributed by atoms with van der Waals surface area (Å²) in [5.74, 6) is 0.720. The van der Waals surface area contributed by atoms with E-state index in [2.05, 4.69) is 15.3 Å². The molecule has 0 aromatic carbocycles. The van der Waals surface area contributed by atoms with Crippen molar-refractivity contribution < 1.29 is 9.21 Å². The molecule has 106 valence electrons. The standard InChI is InChI=1S/C13H17N5O2/c1-18(2)6-5-15-13(19)9-8-16-12(17-11(9)14)10-4-3-7-20-10/h3-4,7-8H,5-6H2,1-2H3,(H,15,19)(H2,14,16,17). The summed E-state index contributed by atoms with van der Waals surface area (Å²) in [5.41, 5.74) is 6.06. The lowest BCUT2D eigenvalue weighted by Gasteiger charge is -2.11. The normalized spacial score (nSPS) is 10.8. The minimum absolute atomic E-state index is 0.133. The highest BCUT2D eigenvalue weighted by Gasteiger charge is 2.13. The molecule has 0 bridgehead atoms. The lowest BCUT2D eigenvalue weighted by atomic mass is 10.2. The van der Waals surface area contributed by atoms with E-state index < -0.39 is 0 Å². The number of nitrogens with two attached hydrogens (primary N) is 1. The summed E-state index contributed by atoms with van der Waals surface area (Å²) in [6, 6.07) is 3.46. The number of carbonyl (C=O) groups is 1. The van der Waals surface area contributed by atoms with Crippen molar-refractivity contribution in [2.45, 2.75) is 0 Å². The van der Waals surface area contributed by atoms with Gasteiger partial charge in [0.1, 0.15) is 5.82 Å². The SMILES string of the molecule is CN(C)CCNC(=O)c1cnc(-c2ccco2)nc1N. The van der Waals surface area contributed by atoms with Crippen molar-refractivity contribution in [3.8, 4) is 11.6 Å². The Morgan fingerprint density at radius 2 is 2.30 bits per heavy atom. The van der Waals surface area contributed by atoms with E-state index in [1.54, 1.807) is 12.1 Å². The van der Waals surface area contributed by atoms with Crippen LogP contribution in [0.3, 0.4) is 0 Å². The number of anilines is 1. The van der Waals surface area contributed by atoms with Crippen LogP contribution >= 0.6 is 0 Å². The second-order valence-electron chi connectivity index (χ2n) is 4.53. The average Bonchev–Trinajstić information content (AvgIpc) is 2.91. The van der Waals surface area contributed by atoms with Crippen LogP contribution < -0.4 is 11.1 Å². The Labute approximate surface area is 116 Å². The molecule has 0 atom stereocenters. The Morgan fingerprint density at radius 1 is 1.50 bits per heavy atom. The number of likely N-dealkylation sites (N-methyl/N-ethyl adjacent to an activating group) is 1. The van der Waals surface area contributed by atoms with Crippen molar-refractivity contribution in [2.24, 2.45) is 0 Å². The van der Waals surface area contributed by atoms with Crippen LogP contribution in [0.25, 0.3) is 11.6 Å². The summed E-state index contributed by atoms with van der Waals surface area (Å²) < 4.78 is 5.18. The van der Waals surface area contributed by atoms with Gasteiger partial charge in [-0.25, -0.2) is 9.97 Å². The Morgan fingerprint density at radius 3 is 2.90 bits per heavy atom. The Bertz CT molecular complexity index is 580. The molecule has 0 saturated carbocycles. The maximum Gasteiger partial charge on any atom is 0.256 e. The van der Waals surface area contributed by atoms with Crippen molar-refractivity contribution in [3.63, 3.8) is 0 Å². The van der Waals surface area contributed by atoms with Gasteiger partial charge in [-0.2, -0.15) is 0 Å². The smallest absolute Gasteiger partial charge is 0.256 e. The maximum atomic E-state index is 11.9. The first-order valence-corrected chi connectivity index (χ1v) is 6.17. The molecule has 2 rings (SSSR count). The third kappa shape index (κ3) is 3.33. The van der Waals surface area contributed by atoms with Gasteiger partial charge in [0.05, 0.1) is 11.8 Å². The van der Waals surface area contributed by atoms with Gasteiger partial charge >= 0.3 is 0 Å². The van der Waals surface area contributed by atoms with Gasteiger partial charge in [-0.1, -0.05) is 0 Å². The molecule has 1 amide bonds. The molecular formula is C13H17N5O2. The molecule has 2 aromatic rings. The number of nitrogens with one attached hydrogen (secondary N) is 1. The second-order valence-corrected chi connectivity index (χ2v) is 4.53. The van der Waals surface area contributed by atoms with E-state index in [-0.39, 0.29) is 17.3 Å². The number of hydrogen-bond acceptors (Lipinski definition) is 6. The molecular weight excluding hydrogens is 258 g/mol. The van der Waals surface area contributed by atoms with Gasteiger partial charge in [0, 0.05) is 19.3 Å². The number of carbonyl (C=O) groups excluding carboxylic acids is 1. The molecule has 20 heavy (non-hydrogen) atoms. The largest absolute Gasteiger partial charge is 0.461 e. The summed E-state index contributed by atoms with van der Waals surface area (Å²) in [4.78, 5) is 22.1. The number of hydrogen-bond donors (Lipinski definition) is 2. The summed E-state index contributed by atoms with van der Waals surface area (Å²) in [5, 5.41) is 2.76. The molecule has 2 heterocycles. The molecule has 7 nitrogen and oxygen atoms in total. The monoisotopic (exact) mass is 275 g/mol. The van der Waals surface area contributed by atoms with E-state index in [1.165, 1.54) is 12.5 Å². The third-order valence-corrected chi connectivity index (χ3v) is 2.65. The van der Waals surface area contributed by atoms with Crippen LogP contribution in [-0.4, -0.2) is 48.0 Å². The zero-order valence-electron chi connectivity index (χ0n) is 11.5. The number of rotatable bonds is 5. The number of amides is 1. The number of nitrogen functional groups attached to an aromatic ring is 1.